The van der Waals surface area contributed by atoms with Crippen LogP contribution in [0.3, 0.4) is 0 Å². The first-order valence-corrected chi connectivity index (χ1v) is 4.04. The number of pyridine rings is 1. The number of carboxylic acid groups (broad SMARTS) is 1. The number of aliphatic carboxylic acids is 1. The molecule has 16 heavy (non-hydrogen) atoms. The molecule has 84 valence electrons. The second kappa shape index (κ2) is 4.61. The van der Waals surface area contributed by atoms with Gasteiger partial charge in [0, 0.05) is 17.3 Å². The molecule has 0 atom stereocenters. The third-order valence-corrected chi connectivity index (χ3v) is 1.84. The minimum atomic E-state index is -3.12. The van der Waals surface area contributed by atoms with Crippen molar-refractivity contribution in [2.24, 2.45) is 0 Å². The minimum absolute atomic E-state index is 0.521. The van der Waals surface area contributed by atoms with E-state index in [0.717, 1.165) is 0 Å². The third kappa shape index (κ3) is 2.28. The Morgan fingerprint density at radius 2 is 2.25 bits per heavy atom. The first-order chi connectivity index (χ1) is 7.47. The third-order valence-electron chi connectivity index (χ3n) is 1.84. The SMILES string of the molecule is N#Cc1cnc(F)c(CC(=O)O)c1C(F)F. The smallest absolute Gasteiger partial charge is 0.308 e. The van der Waals surface area contributed by atoms with E-state index in [-0.39, 0.29) is 0 Å². The Kier molecular flexibility index (Phi) is 3.45. The Hall–Kier alpha value is -2.10. The molecular formula is C9H5F3N2O2. The molecule has 7 heteroatoms. The normalized spacial score (nSPS) is 10.2. The van der Waals surface area contributed by atoms with Crippen LogP contribution in [-0.4, -0.2) is 16.1 Å². The maximum absolute atomic E-state index is 13.1. The molecule has 0 saturated carbocycles. The highest BCUT2D eigenvalue weighted by atomic mass is 19.3. The summed E-state index contributed by atoms with van der Waals surface area (Å²) in [6.45, 7) is 0. The maximum Gasteiger partial charge on any atom is 0.308 e. The standard InChI is InChI=1S/C9H5F3N2O2/c10-8(11)7-4(2-13)3-14-9(12)5(7)1-6(15)16/h3,8H,1H2,(H,15,16). The van der Waals surface area contributed by atoms with Crippen LogP contribution in [0.5, 0.6) is 0 Å². The molecule has 1 N–H and O–H groups in total. The summed E-state index contributed by atoms with van der Waals surface area (Å²) in [5.74, 6) is -2.77. The van der Waals surface area contributed by atoms with Gasteiger partial charge < -0.3 is 5.11 Å². The second-order valence-corrected chi connectivity index (χ2v) is 2.84. The largest absolute Gasteiger partial charge is 0.481 e. The fraction of sp³-hybridized carbons (Fsp3) is 0.222. The zero-order valence-corrected chi connectivity index (χ0v) is 7.75. The van der Waals surface area contributed by atoms with E-state index in [1.807, 2.05) is 0 Å². The summed E-state index contributed by atoms with van der Waals surface area (Å²) in [5.41, 5.74) is -2.17. The summed E-state index contributed by atoms with van der Waals surface area (Å²) in [7, 11) is 0. The van der Waals surface area contributed by atoms with Crippen molar-refractivity contribution >= 4 is 5.97 Å². The molecule has 0 radical (unpaired) electrons. The molecule has 1 aromatic heterocycles. The van der Waals surface area contributed by atoms with E-state index < -0.39 is 41.5 Å². The molecule has 0 fully saturated rings. The monoisotopic (exact) mass is 230 g/mol. The molecule has 1 heterocycles. The molecule has 0 bridgehead atoms. The van der Waals surface area contributed by atoms with Gasteiger partial charge in [0.15, 0.2) is 0 Å². The van der Waals surface area contributed by atoms with Gasteiger partial charge in [-0.1, -0.05) is 0 Å². The molecule has 0 spiro atoms. The van der Waals surface area contributed by atoms with E-state index in [9.17, 15) is 18.0 Å². The van der Waals surface area contributed by atoms with E-state index in [1.165, 1.54) is 6.07 Å². The molecule has 4 nitrogen and oxygen atoms in total. The van der Waals surface area contributed by atoms with E-state index in [0.29, 0.717) is 6.20 Å². The number of carbonyl (C=O) groups is 1. The summed E-state index contributed by atoms with van der Waals surface area (Å²) in [4.78, 5) is 13.4. The van der Waals surface area contributed by atoms with Gasteiger partial charge in [-0.15, -0.1) is 0 Å². The molecule has 0 saturated heterocycles. The number of rotatable bonds is 3. The molecule has 0 amide bonds. The highest BCUT2D eigenvalue weighted by Crippen LogP contribution is 2.27. The van der Waals surface area contributed by atoms with Crippen LogP contribution in [0.4, 0.5) is 13.2 Å². The zero-order chi connectivity index (χ0) is 12.3. The Bertz CT molecular complexity index is 469. The number of hydrogen-bond donors (Lipinski definition) is 1. The van der Waals surface area contributed by atoms with Gasteiger partial charge in [0.25, 0.3) is 6.43 Å². The molecule has 1 rings (SSSR count). The quantitative estimate of drug-likeness (QED) is 0.801. The van der Waals surface area contributed by atoms with Gasteiger partial charge in [0.1, 0.15) is 6.07 Å². The van der Waals surface area contributed by atoms with Gasteiger partial charge in [0.2, 0.25) is 5.95 Å². The van der Waals surface area contributed by atoms with Crippen molar-refractivity contribution in [1.29, 1.82) is 5.26 Å². The second-order valence-electron chi connectivity index (χ2n) is 2.84. The lowest BCUT2D eigenvalue weighted by molar-refractivity contribution is -0.136. The summed E-state index contributed by atoms with van der Waals surface area (Å²) in [6, 6.07) is 1.42. The highest BCUT2D eigenvalue weighted by molar-refractivity contribution is 5.71. The van der Waals surface area contributed by atoms with E-state index in [1.54, 1.807) is 0 Å². The predicted molar refractivity (Wildman–Crippen MR) is 45.2 cm³/mol. The van der Waals surface area contributed by atoms with Crippen molar-refractivity contribution in [3.05, 3.63) is 28.8 Å². The number of hydrogen-bond acceptors (Lipinski definition) is 3. The van der Waals surface area contributed by atoms with Gasteiger partial charge in [0.05, 0.1) is 12.0 Å². The molecule has 0 aliphatic rings. The Labute approximate surface area is 88.0 Å². The molecule has 0 aliphatic carbocycles. The van der Waals surface area contributed by atoms with E-state index in [4.69, 9.17) is 10.4 Å². The van der Waals surface area contributed by atoms with Gasteiger partial charge >= 0.3 is 5.97 Å². The number of halogens is 3. The van der Waals surface area contributed by atoms with Gasteiger partial charge in [-0.2, -0.15) is 9.65 Å². The zero-order valence-electron chi connectivity index (χ0n) is 7.75. The van der Waals surface area contributed by atoms with Crippen molar-refractivity contribution < 1.29 is 23.1 Å². The number of nitrogens with zero attached hydrogens (tertiary/aromatic N) is 2. The van der Waals surface area contributed by atoms with Gasteiger partial charge in [-0.25, -0.2) is 13.8 Å². The molecule has 0 aliphatic heterocycles. The van der Waals surface area contributed by atoms with Gasteiger partial charge in [-0.05, 0) is 0 Å². The number of carboxylic acids is 1. The lowest BCUT2D eigenvalue weighted by Crippen LogP contribution is -2.10. The van der Waals surface area contributed by atoms with Crippen LogP contribution in [-0.2, 0) is 11.2 Å². The van der Waals surface area contributed by atoms with Crippen LogP contribution < -0.4 is 0 Å². The molecule has 0 aromatic carbocycles. The number of nitriles is 1. The van der Waals surface area contributed by atoms with Crippen molar-refractivity contribution in [2.45, 2.75) is 12.8 Å². The summed E-state index contributed by atoms with van der Waals surface area (Å²) < 4.78 is 38.2. The van der Waals surface area contributed by atoms with Crippen LogP contribution in [0.15, 0.2) is 6.20 Å². The van der Waals surface area contributed by atoms with Crippen molar-refractivity contribution in [2.75, 3.05) is 0 Å². The lowest BCUT2D eigenvalue weighted by Gasteiger charge is -2.08. The van der Waals surface area contributed by atoms with Crippen LogP contribution in [0, 0.1) is 17.3 Å². The Morgan fingerprint density at radius 1 is 1.62 bits per heavy atom. The topological polar surface area (TPSA) is 74.0 Å². The summed E-state index contributed by atoms with van der Waals surface area (Å²) in [6.07, 6.45) is -3.41. The highest BCUT2D eigenvalue weighted by Gasteiger charge is 2.23. The minimum Gasteiger partial charge on any atom is -0.481 e. The van der Waals surface area contributed by atoms with E-state index in [2.05, 4.69) is 4.98 Å². The molecule has 1 aromatic rings. The number of alkyl halides is 2. The number of aromatic nitrogens is 1. The average molecular weight is 230 g/mol. The van der Waals surface area contributed by atoms with Crippen molar-refractivity contribution in [1.82, 2.24) is 4.98 Å². The van der Waals surface area contributed by atoms with Crippen molar-refractivity contribution in [3.63, 3.8) is 0 Å². The molecule has 0 unspecified atom stereocenters. The summed E-state index contributed by atoms with van der Waals surface area (Å²) >= 11 is 0. The van der Waals surface area contributed by atoms with E-state index >= 15 is 0 Å². The van der Waals surface area contributed by atoms with Gasteiger partial charge in [-0.3, -0.25) is 4.79 Å². The van der Waals surface area contributed by atoms with Crippen LogP contribution in [0.1, 0.15) is 23.1 Å². The first-order valence-electron chi connectivity index (χ1n) is 4.04. The van der Waals surface area contributed by atoms with Crippen LogP contribution >= 0.6 is 0 Å². The Balaban J connectivity index is 3.43. The van der Waals surface area contributed by atoms with Crippen molar-refractivity contribution in [3.8, 4) is 6.07 Å². The molecular weight excluding hydrogens is 225 g/mol. The van der Waals surface area contributed by atoms with Crippen LogP contribution in [0.25, 0.3) is 0 Å². The predicted octanol–water partition coefficient (Wildman–Crippen LogP) is 1.66. The first kappa shape index (κ1) is 12.0. The van der Waals surface area contributed by atoms with Crippen LogP contribution in [0.2, 0.25) is 0 Å². The average Bonchev–Trinajstić information content (AvgIpc) is 2.19. The Morgan fingerprint density at radius 3 is 2.69 bits per heavy atom. The maximum atomic E-state index is 13.1. The fourth-order valence-electron chi connectivity index (χ4n) is 1.20. The summed E-state index contributed by atoms with van der Waals surface area (Å²) in [5, 5.41) is 17.0. The fourth-order valence-corrected chi connectivity index (χ4v) is 1.20. The lowest BCUT2D eigenvalue weighted by atomic mass is 10.0.